The summed E-state index contributed by atoms with van der Waals surface area (Å²) in [7, 11) is 1.84. The fraction of sp³-hybridized carbons (Fsp3) is 0.438. The molecule has 1 aliphatic rings. The highest BCUT2D eigenvalue weighted by Gasteiger charge is 2.29. The quantitative estimate of drug-likeness (QED) is 0.941. The van der Waals surface area contributed by atoms with E-state index in [1.165, 1.54) is 0 Å². The highest BCUT2D eigenvalue weighted by molar-refractivity contribution is 5.99. The molecule has 6 heteroatoms. The molecule has 3 rings (SSSR count). The monoisotopic (exact) mass is 299 g/mol. The second kappa shape index (κ2) is 5.79. The number of aryl methyl sites for hydroxylation is 1. The highest BCUT2D eigenvalue weighted by atomic mass is 16.2. The SMILES string of the molecule is CCc1n[nH]c(CN2CC(C)C(=O)N(C)c3ccccc32)n1. The van der Waals surface area contributed by atoms with Gasteiger partial charge in [-0.15, -0.1) is 0 Å². The van der Waals surface area contributed by atoms with Gasteiger partial charge < -0.3 is 9.80 Å². The molecular formula is C16H21N5O. The summed E-state index contributed by atoms with van der Waals surface area (Å²) in [5.74, 6) is 1.72. The third-order valence-corrected chi connectivity index (χ3v) is 4.07. The maximum Gasteiger partial charge on any atom is 0.231 e. The molecule has 0 saturated heterocycles. The van der Waals surface area contributed by atoms with Crippen LogP contribution in [-0.4, -0.2) is 34.7 Å². The molecule has 6 nitrogen and oxygen atoms in total. The molecule has 1 aliphatic heterocycles. The summed E-state index contributed by atoms with van der Waals surface area (Å²) in [6.07, 6.45) is 0.810. The molecule has 0 aliphatic carbocycles. The van der Waals surface area contributed by atoms with Crippen LogP contribution in [0.3, 0.4) is 0 Å². The number of H-pyrrole nitrogens is 1. The third kappa shape index (κ3) is 2.56. The number of para-hydroxylation sites is 2. The number of hydrogen-bond donors (Lipinski definition) is 1. The molecule has 0 spiro atoms. The van der Waals surface area contributed by atoms with Crippen LogP contribution in [0.4, 0.5) is 11.4 Å². The largest absolute Gasteiger partial charge is 0.362 e. The number of fused-ring (bicyclic) bond motifs is 1. The number of anilines is 2. The van der Waals surface area contributed by atoms with Crippen molar-refractivity contribution in [3.63, 3.8) is 0 Å². The van der Waals surface area contributed by atoms with Crippen LogP contribution in [0.25, 0.3) is 0 Å². The van der Waals surface area contributed by atoms with Crippen molar-refractivity contribution >= 4 is 17.3 Å². The average molecular weight is 299 g/mol. The number of nitrogens with zero attached hydrogens (tertiary/aromatic N) is 4. The van der Waals surface area contributed by atoms with Gasteiger partial charge in [0.1, 0.15) is 5.82 Å². The van der Waals surface area contributed by atoms with Crippen molar-refractivity contribution in [3.05, 3.63) is 35.9 Å². The summed E-state index contributed by atoms with van der Waals surface area (Å²) >= 11 is 0. The van der Waals surface area contributed by atoms with Crippen molar-refractivity contribution in [1.29, 1.82) is 0 Å². The minimum Gasteiger partial charge on any atom is -0.362 e. The number of nitrogens with one attached hydrogen (secondary N) is 1. The normalized spacial score (nSPS) is 18.3. The van der Waals surface area contributed by atoms with E-state index in [1.54, 1.807) is 4.90 Å². The first-order valence-corrected chi connectivity index (χ1v) is 7.61. The lowest BCUT2D eigenvalue weighted by molar-refractivity contribution is -0.121. The molecule has 116 valence electrons. The topological polar surface area (TPSA) is 65.1 Å². The van der Waals surface area contributed by atoms with E-state index in [0.717, 1.165) is 29.4 Å². The zero-order valence-corrected chi connectivity index (χ0v) is 13.2. The second-order valence-corrected chi connectivity index (χ2v) is 5.72. The Balaban J connectivity index is 1.95. The van der Waals surface area contributed by atoms with E-state index in [0.29, 0.717) is 13.1 Å². The third-order valence-electron chi connectivity index (χ3n) is 4.07. The Morgan fingerprint density at radius 2 is 2.05 bits per heavy atom. The average Bonchev–Trinajstić information content (AvgIpc) is 2.97. The van der Waals surface area contributed by atoms with E-state index < -0.39 is 0 Å². The van der Waals surface area contributed by atoms with Gasteiger partial charge in [0, 0.05) is 20.0 Å². The van der Waals surface area contributed by atoms with Gasteiger partial charge in [-0.2, -0.15) is 5.10 Å². The smallest absolute Gasteiger partial charge is 0.231 e. The predicted octanol–water partition coefficient (Wildman–Crippen LogP) is 1.99. The van der Waals surface area contributed by atoms with Crippen LogP contribution in [-0.2, 0) is 17.8 Å². The molecule has 22 heavy (non-hydrogen) atoms. The van der Waals surface area contributed by atoms with Crippen LogP contribution in [0, 0.1) is 5.92 Å². The van der Waals surface area contributed by atoms with Gasteiger partial charge in [0.15, 0.2) is 5.82 Å². The van der Waals surface area contributed by atoms with Crippen molar-refractivity contribution in [1.82, 2.24) is 15.2 Å². The second-order valence-electron chi connectivity index (χ2n) is 5.72. The van der Waals surface area contributed by atoms with Crippen LogP contribution in [0.1, 0.15) is 25.5 Å². The molecule has 0 fully saturated rings. The first-order valence-electron chi connectivity index (χ1n) is 7.61. The van der Waals surface area contributed by atoms with E-state index in [9.17, 15) is 4.79 Å². The summed E-state index contributed by atoms with van der Waals surface area (Å²) in [6.45, 7) is 5.29. The predicted molar refractivity (Wildman–Crippen MR) is 85.8 cm³/mol. The first-order chi connectivity index (χ1) is 10.6. The van der Waals surface area contributed by atoms with Crippen LogP contribution in [0.2, 0.25) is 0 Å². The summed E-state index contributed by atoms with van der Waals surface area (Å²) in [4.78, 5) is 20.8. The molecule has 2 aromatic rings. The number of carbonyl (C=O) groups is 1. The number of aromatic nitrogens is 3. The van der Waals surface area contributed by atoms with Crippen molar-refractivity contribution in [2.75, 3.05) is 23.4 Å². The van der Waals surface area contributed by atoms with Gasteiger partial charge in [-0.05, 0) is 12.1 Å². The Labute approximate surface area is 130 Å². The molecule has 1 N–H and O–H groups in total. The standard InChI is InChI=1S/C16H21N5O/c1-4-14-17-15(19-18-14)10-21-9-11(2)16(22)20(3)12-7-5-6-8-13(12)21/h5-8,11H,4,9-10H2,1-3H3,(H,17,18,19). The Kier molecular flexibility index (Phi) is 3.83. The van der Waals surface area contributed by atoms with Gasteiger partial charge in [-0.25, -0.2) is 4.98 Å². The zero-order chi connectivity index (χ0) is 15.7. The van der Waals surface area contributed by atoms with Crippen LogP contribution < -0.4 is 9.80 Å². The highest BCUT2D eigenvalue weighted by Crippen LogP contribution is 2.33. The summed E-state index contributed by atoms with van der Waals surface area (Å²) in [5.41, 5.74) is 1.99. The minimum atomic E-state index is -0.0639. The number of hydrogen-bond acceptors (Lipinski definition) is 4. The van der Waals surface area contributed by atoms with E-state index in [4.69, 9.17) is 0 Å². The lowest BCUT2D eigenvalue weighted by Gasteiger charge is -2.24. The van der Waals surface area contributed by atoms with E-state index in [2.05, 4.69) is 20.1 Å². The van der Waals surface area contributed by atoms with E-state index in [1.807, 2.05) is 45.2 Å². The molecule has 0 radical (unpaired) electrons. The molecule has 1 aromatic heterocycles. The van der Waals surface area contributed by atoms with E-state index in [-0.39, 0.29) is 11.8 Å². The maximum atomic E-state index is 12.4. The number of rotatable bonds is 3. The van der Waals surface area contributed by atoms with Crippen molar-refractivity contribution in [2.24, 2.45) is 5.92 Å². The summed E-state index contributed by atoms with van der Waals surface area (Å²) < 4.78 is 0. The van der Waals surface area contributed by atoms with Gasteiger partial charge in [0.2, 0.25) is 5.91 Å². The van der Waals surface area contributed by atoms with Crippen molar-refractivity contribution < 1.29 is 4.79 Å². The number of benzene rings is 1. The minimum absolute atomic E-state index is 0.0639. The lowest BCUT2D eigenvalue weighted by atomic mass is 10.1. The number of carbonyl (C=O) groups excluding carboxylic acids is 1. The fourth-order valence-corrected chi connectivity index (χ4v) is 2.87. The van der Waals surface area contributed by atoms with Gasteiger partial charge in [0.05, 0.1) is 23.8 Å². The molecular weight excluding hydrogens is 278 g/mol. The fourth-order valence-electron chi connectivity index (χ4n) is 2.87. The number of amides is 1. The Morgan fingerprint density at radius 3 is 2.73 bits per heavy atom. The molecule has 2 heterocycles. The van der Waals surface area contributed by atoms with Crippen LogP contribution in [0.15, 0.2) is 24.3 Å². The molecule has 1 unspecified atom stereocenters. The van der Waals surface area contributed by atoms with Gasteiger partial charge in [-0.3, -0.25) is 9.89 Å². The Hall–Kier alpha value is -2.37. The maximum absolute atomic E-state index is 12.4. The number of aromatic amines is 1. The zero-order valence-electron chi connectivity index (χ0n) is 13.2. The first kappa shape index (κ1) is 14.6. The molecule has 0 saturated carbocycles. The van der Waals surface area contributed by atoms with Crippen LogP contribution in [0.5, 0.6) is 0 Å². The van der Waals surface area contributed by atoms with Gasteiger partial charge >= 0.3 is 0 Å². The lowest BCUT2D eigenvalue weighted by Crippen LogP contribution is -2.34. The Morgan fingerprint density at radius 1 is 1.32 bits per heavy atom. The van der Waals surface area contributed by atoms with Gasteiger partial charge in [-0.1, -0.05) is 26.0 Å². The van der Waals surface area contributed by atoms with Gasteiger partial charge in [0.25, 0.3) is 0 Å². The van der Waals surface area contributed by atoms with Crippen molar-refractivity contribution in [3.8, 4) is 0 Å². The van der Waals surface area contributed by atoms with Crippen LogP contribution >= 0.6 is 0 Å². The molecule has 1 atom stereocenters. The van der Waals surface area contributed by atoms with E-state index >= 15 is 0 Å². The van der Waals surface area contributed by atoms with Crippen molar-refractivity contribution in [2.45, 2.75) is 26.8 Å². The summed E-state index contributed by atoms with van der Waals surface area (Å²) in [5, 5.41) is 7.18. The Bertz CT molecular complexity index is 681. The summed E-state index contributed by atoms with van der Waals surface area (Å²) in [6, 6.07) is 7.99. The molecule has 0 bridgehead atoms. The molecule has 1 aromatic carbocycles. The molecule has 1 amide bonds.